The standard InChI is InChI=1S/C16H20N4O2/c1-11(2)14-8-5-9-19(14)15(21)10-20-16(22)12-6-3-4-7-13(12)17-18-20/h3-4,6-7,11,14H,5,8-10H2,1-2H3. The second kappa shape index (κ2) is 5.87. The third kappa shape index (κ3) is 2.61. The lowest BCUT2D eigenvalue weighted by Crippen LogP contribution is -2.42. The van der Waals surface area contributed by atoms with Crippen LogP contribution in [0.4, 0.5) is 0 Å². The highest BCUT2D eigenvalue weighted by Gasteiger charge is 2.31. The van der Waals surface area contributed by atoms with Crippen molar-refractivity contribution in [2.45, 2.75) is 39.3 Å². The summed E-state index contributed by atoms with van der Waals surface area (Å²) >= 11 is 0. The van der Waals surface area contributed by atoms with E-state index in [1.807, 2.05) is 11.0 Å². The van der Waals surface area contributed by atoms with Crippen LogP contribution in [0.3, 0.4) is 0 Å². The summed E-state index contributed by atoms with van der Waals surface area (Å²) in [4.78, 5) is 26.8. The van der Waals surface area contributed by atoms with E-state index in [4.69, 9.17) is 0 Å². The van der Waals surface area contributed by atoms with Gasteiger partial charge < -0.3 is 4.90 Å². The van der Waals surface area contributed by atoms with Gasteiger partial charge in [0.1, 0.15) is 12.1 Å². The highest BCUT2D eigenvalue weighted by Crippen LogP contribution is 2.23. The number of fused-ring (bicyclic) bond motifs is 1. The molecule has 22 heavy (non-hydrogen) atoms. The molecular weight excluding hydrogens is 280 g/mol. The number of hydrogen-bond acceptors (Lipinski definition) is 4. The molecule has 0 bridgehead atoms. The van der Waals surface area contributed by atoms with Crippen molar-refractivity contribution in [2.24, 2.45) is 5.92 Å². The van der Waals surface area contributed by atoms with Gasteiger partial charge in [-0.3, -0.25) is 9.59 Å². The van der Waals surface area contributed by atoms with E-state index in [2.05, 4.69) is 24.2 Å². The fraction of sp³-hybridized carbons (Fsp3) is 0.500. The second-order valence-electron chi connectivity index (χ2n) is 6.11. The topological polar surface area (TPSA) is 68.1 Å². The zero-order valence-corrected chi connectivity index (χ0v) is 12.9. The minimum Gasteiger partial charge on any atom is -0.338 e. The molecular formula is C16H20N4O2. The van der Waals surface area contributed by atoms with Crippen LogP contribution in [-0.4, -0.2) is 38.4 Å². The number of aromatic nitrogens is 3. The van der Waals surface area contributed by atoms with Gasteiger partial charge in [0.05, 0.1) is 5.39 Å². The Kier molecular flexibility index (Phi) is 3.92. The quantitative estimate of drug-likeness (QED) is 0.860. The van der Waals surface area contributed by atoms with Crippen molar-refractivity contribution in [1.82, 2.24) is 19.9 Å². The van der Waals surface area contributed by atoms with Crippen LogP contribution in [0, 0.1) is 5.92 Å². The van der Waals surface area contributed by atoms with E-state index in [1.165, 1.54) is 4.68 Å². The Balaban J connectivity index is 1.85. The summed E-state index contributed by atoms with van der Waals surface area (Å²) in [5.74, 6) is 0.369. The van der Waals surface area contributed by atoms with Crippen LogP contribution < -0.4 is 5.56 Å². The van der Waals surface area contributed by atoms with Crippen molar-refractivity contribution in [3.8, 4) is 0 Å². The van der Waals surface area contributed by atoms with E-state index in [0.29, 0.717) is 16.8 Å². The first-order valence-electron chi connectivity index (χ1n) is 7.70. The summed E-state index contributed by atoms with van der Waals surface area (Å²) in [7, 11) is 0. The third-order valence-electron chi connectivity index (χ3n) is 4.30. The van der Waals surface area contributed by atoms with Gasteiger partial charge in [0, 0.05) is 12.6 Å². The zero-order valence-electron chi connectivity index (χ0n) is 12.9. The summed E-state index contributed by atoms with van der Waals surface area (Å²) in [5, 5.41) is 8.41. The van der Waals surface area contributed by atoms with Gasteiger partial charge >= 0.3 is 0 Å². The number of hydrogen-bond donors (Lipinski definition) is 0. The first-order valence-corrected chi connectivity index (χ1v) is 7.70. The molecule has 0 radical (unpaired) electrons. The molecule has 0 aliphatic carbocycles. The van der Waals surface area contributed by atoms with Gasteiger partial charge in [0.25, 0.3) is 5.56 Å². The predicted molar refractivity (Wildman–Crippen MR) is 83.4 cm³/mol. The van der Waals surface area contributed by atoms with Crippen LogP contribution in [0.15, 0.2) is 29.1 Å². The van der Waals surface area contributed by atoms with Crippen LogP contribution in [-0.2, 0) is 11.3 Å². The van der Waals surface area contributed by atoms with Crippen LogP contribution >= 0.6 is 0 Å². The summed E-state index contributed by atoms with van der Waals surface area (Å²) in [6.45, 7) is 4.97. The number of amides is 1. The van der Waals surface area contributed by atoms with Crippen molar-refractivity contribution in [1.29, 1.82) is 0 Å². The van der Waals surface area contributed by atoms with Crippen molar-refractivity contribution in [2.75, 3.05) is 6.54 Å². The Morgan fingerprint density at radius 2 is 2.14 bits per heavy atom. The highest BCUT2D eigenvalue weighted by molar-refractivity contribution is 5.78. The van der Waals surface area contributed by atoms with Crippen molar-refractivity contribution >= 4 is 16.8 Å². The Morgan fingerprint density at radius 1 is 1.36 bits per heavy atom. The first-order chi connectivity index (χ1) is 10.6. The van der Waals surface area contributed by atoms with E-state index in [-0.39, 0.29) is 24.1 Å². The van der Waals surface area contributed by atoms with E-state index in [9.17, 15) is 9.59 Å². The molecule has 1 aromatic carbocycles. The third-order valence-corrected chi connectivity index (χ3v) is 4.30. The van der Waals surface area contributed by atoms with E-state index in [1.54, 1.807) is 18.2 Å². The van der Waals surface area contributed by atoms with Crippen molar-refractivity contribution < 1.29 is 4.79 Å². The highest BCUT2D eigenvalue weighted by atomic mass is 16.2. The lowest BCUT2D eigenvalue weighted by Gasteiger charge is -2.27. The molecule has 1 saturated heterocycles. The molecule has 1 aliphatic heterocycles. The fourth-order valence-corrected chi connectivity index (χ4v) is 3.14. The van der Waals surface area contributed by atoms with E-state index in [0.717, 1.165) is 19.4 Å². The number of nitrogens with zero attached hydrogens (tertiary/aromatic N) is 4. The fourth-order valence-electron chi connectivity index (χ4n) is 3.14. The molecule has 1 aromatic heterocycles. The summed E-state index contributed by atoms with van der Waals surface area (Å²) in [6.07, 6.45) is 2.05. The van der Waals surface area contributed by atoms with Gasteiger partial charge in [-0.2, -0.15) is 0 Å². The Hall–Kier alpha value is -2.24. The van der Waals surface area contributed by atoms with E-state index < -0.39 is 0 Å². The maximum Gasteiger partial charge on any atom is 0.278 e. The molecule has 1 atom stereocenters. The van der Waals surface area contributed by atoms with Gasteiger partial charge in [-0.05, 0) is 30.9 Å². The molecule has 1 amide bonds. The predicted octanol–water partition coefficient (Wildman–Crippen LogP) is 1.44. The average Bonchev–Trinajstić information content (AvgIpc) is 3.00. The van der Waals surface area contributed by atoms with E-state index >= 15 is 0 Å². The second-order valence-corrected chi connectivity index (χ2v) is 6.11. The Morgan fingerprint density at radius 3 is 2.91 bits per heavy atom. The summed E-state index contributed by atoms with van der Waals surface area (Å²) in [5.41, 5.74) is 0.289. The van der Waals surface area contributed by atoms with Gasteiger partial charge in [0.2, 0.25) is 5.91 Å². The molecule has 1 unspecified atom stereocenters. The molecule has 116 valence electrons. The molecule has 6 nitrogen and oxygen atoms in total. The molecule has 2 heterocycles. The molecule has 1 aliphatic rings. The molecule has 0 spiro atoms. The number of rotatable bonds is 3. The van der Waals surface area contributed by atoms with Gasteiger partial charge in [-0.1, -0.05) is 31.2 Å². The minimum absolute atomic E-state index is 0.0418. The maximum atomic E-state index is 12.5. The number of benzene rings is 1. The summed E-state index contributed by atoms with van der Waals surface area (Å²) in [6, 6.07) is 7.30. The van der Waals surface area contributed by atoms with Gasteiger partial charge in [-0.25, -0.2) is 4.68 Å². The monoisotopic (exact) mass is 300 g/mol. The maximum absolute atomic E-state index is 12.5. The zero-order chi connectivity index (χ0) is 15.7. The molecule has 6 heteroatoms. The van der Waals surface area contributed by atoms with Crippen LogP contribution in [0.1, 0.15) is 26.7 Å². The normalized spacial score (nSPS) is 18.3. The van der Waals surface area contributed by atoms with Crippen molar-refractivity contribution in [3.63, 3.8) is 0 Å². The van der Waals surface area contributed by atoms with Crippen LogP contribution in [0.2, 0.25) is 0 Å². The number of carbonyl (C=O) groups is 1. The van der Waals surface area contributed by atoms with Crippen LogP contribution in [0.25, 0.3) is 10.9 Å². The number of likely N-dealkylation sites (tertiary alicyclic amines) is 1. The average molecular weight is 300 g/mol. The molecule has 0 N–H and O–H groups in total. The summed E-state index contributed by atoms with van der Waals surface area (Å²) < 4.78 is 1.17. The molecule has 3 rings (SSSR count). The largest absolute Gasteiger partial charge is 0.338 e. The van der Waals surface area contributed by atoms with Gasteiger partial charge in [0.15, 0.2) is 0 Å². The number of carbonyl (C=O) groups excluding carboxylic acids is 1. The minimum atomic E-state index is -0.265. The Labute approximate surface area is 128 Å². The molecule has 2 aromatic rings. The van der Waals surface area contributed by atoms with Crippen molar-refractivity contribution in [3.05, 3.63) is 34.6 Å². The molecule has 1 fully saturated rings. The lowest BCUT2D eigenvalue weighted by molar-refractivity contribution is -0.133. The first kappa shape index (κ1) is 14.7. The SMILES string of the molecule is CC(C)C1CCCN1C(=O)Cn1nnc2ccccc2c1=O. The lowest BCUT2D eigenvalue weighted by atomic mass is 10.0. The smallest absolute Gasteiger partial charge is 0.278 e. The molecule has 0 saturated carbocycles. The Bertz CT molecular complexity index is 753. The van der Waals surface area contributed by atoms with Gasteiger partial charge in [-0.15, -0.1) is 5.10 Å². The van der Waals surface area contributed by atoms with Crippen LogP contribution in [0.5, 0.6) is 0 Å².